The molecular weight excluding hydrogens is 336 g/mol. The van der Waals surface area contributed by atoms with E-state index in [0.29, 0.717) is 6.61 Å². The Bertz CT molecular complexity index is 587. The highest BCUT2D eigenvalue weighted by Gasteiger charge is 2.29. The number of hydrogen-bond acceptors (Lipinski definition) is 6. The Balaban J connectivity index is 1.84. The number of nitrogens with one attached hydrogen (secondary N) is 1. The molecule has 21 heavy (non-hydrogen) atoms. The van der Waals surface area contributed by atoms with Crippen molar-refractivity contribution < 1.29 is 4.74 Å². The zero-order chi connectivity index (χ0) is 14.7. The van der Waals surface area contributed by atoms with E-state index in [2.05, 4.69) is 46.0 Å². The molecule has 0 saturated carbocycles. The standard InChI is InChI=1S/C13H17BrN6O/c1-21-8-11-17-12(19-18-11)10-4-2-3-5-20(10)13-15-6-9(14)7-16-13/h6-7,10H,2-5,8H2,1H3,(H,17,18,19). The van der Waals surface area contributed by atoms with Crippen LogP contribution in [0.1, 0.15) is 37.0 Å². The summed E-state index contributed by atoms with van der Waals surface area (Å²) in [5, 5.41) is 7.25. The molecule has 2 aromatic heterocycles. The summed E-state index contributed by atoms with van der Waals surface area (Å²) in [6, 6.07) is 0.113. The van der Waals surface area contributed by atoms with Gasteiger partial charge in [-0.1, -0.05) is 0 Å². The van der Waals surface area contributed by atoms with Crippen molar-refractivity contribution in [3.05, 3.63) is 28.5 Å². The third kappa shape index (κ3) is 3.21. The van der Waals surface area contributed by atoms with Crippen molar-refractivity contribution in [2.24, 2.45) is 0 Å². The monoisotopic (exact) mass is 352 g/mol. The molecule has 0 bridgehead atoms. The van der Waals surface area contributed by atoms with Gasteiger partial charge in [-0.05, 0) is 35.2 Å². The molecule has 0 aromatic carbocycles. The molecule has 0 radical (unpaired) electrons. The highest BCUT2D eigenvalue weighted by Crippen LogP contribution is 2.31. The van der Waals surface area contributed by atoms with Gasteiger partial charge in [0.05, 0.1) is 10.5 Å². The van der Waals surface area contributed by atoms with Crippen molar-refractivity contribution in [3.8, 4) is 0 Å². The van der Waals surface area contributed by atoms with Gasteiger partial charge in [0.15, 0.2) is 11.6 Å². The number of anilines is 1. The van der Waals surface area contributed by atoms with Crippen molar-refractivity contribution in [2.45, 2.75) is 31.9 Å². The Morgan fingerprint density at radius 1 is 1.38 bits per heavy atom. The highest BCUT2D eigenvalue weighted by atomic mass is 79.9. The van der Waals surface area contributed by atoms with Crippen LogP contribution in [0.5, 0.6) is 0 Å². The molecule has 1 aliphatic rings. The lowest BCUT2D eigenvalue weighted by molar-refractivity contribution is 0.178. The SMILES string of the molecule is COCc1nc(C2CCCCN2c2ncc(Br)cn2)n[nH]1. The minimum Gasteiger partial charge on any atom is -0.377 e. The molecule has 1 N–H and O–H groups in total. The summed E-state index contributed by atoms with van der Waals surface area (Å²) in [5.74, 6) is 2.25. The van der Waals surface area contributed by atoms with Gasteiger partial charge in [-0.15, -0.1) is 0 Å². The molecule has 2 aromatic rings. The first-order valence-electron chi connectivity index (χ1n) is 6.92. The molecule has 1 saturated heterocycles. The van der Waals surface area contributed by atoms with Gasteiger partial charge in [-0.25, -0.2) is 15.0 Å². The summed E-state index contributed by atoms with van der Waals surface area (Å²) < 4.78 is 5.95. The van der Waals surface area contributed by atoms with Crippen LogP contribution in [0.3, 0.4) is 0 Å². The molecule has 1 fully saturated rings. The molecular formula is C13H17BrN6O. The van der Waals surface area contributed by atoms with Crippen LogP contribution in [0.25, 0.3) is 0 Å². The quantitative estimate of drug-likeness (QED) is 0.908. The molecule has 1 aliphatic heterocycles. The van der Waals surface area contributed by atoms with E-state index in [0.717, 1.165) is 47.9 Å². The van der Waals surface area contributed by atoms with Crippen LogP contribution in [0.15, 0.2) is 16.9 Å². The van der Waals surface area contributed by atoms with Crippen molar-refractivity contribution in [2.75, 3.05) is 18.6 Å². The Labute approximate surface area is 131 Å². The summed E-state index contributed by atoms with van der Waals surface area (Å²) in [6.07, 6.45) is 6.82. The lowest BCUT2D eigenvalue weighted by Crippen LogP contribution is -2.35. The second kappa shape index (κ2) is 6.48. The van der Waals surface area contributed by atoms with Gasteiger partial charge in [0.1, 0.15) is 6.61 Å². The van der Waals surface area contributed by atoms with E-state index >= 15 is 0 Å². The first kappa shape index (κ1) is 14.4. The number of halogens is 1. The Morgan fingerprint density at radius 2 is 2.19 bits per heavy atom. The maximum atomic E-state index is 5.08. The summed E-state index contributed by atoms with van der Waals surface area (Å²) >= 11 is 3.36. The van der Waals surface area contributed by atoms with Crippen LogP contribution in [0.4, 0.5) is 5.95 Å². The number of rotatable bonds is 4. The van der Waals surface area contributed by atoms with Crippen LogP contribution in [0.2, 0.25) is 0 Å². The molecule has 0 aliphatic carbocycles. The average Bonchev–Trinajstić information content (AvgIpc) is 2.97. The first-order valence-corrected chi connectivity index (χ1v) is 7.71. The van der Waals surface area contributed by atoms with Gasteiger partial charge < -0.3 is 9.64 Å². The first-order chi connectivity index (χ1) is 10.3. The zero-order valence-corrected chi connectivity index (χ0v) is 13.4. The van der Waals surface area contributed by atoms with Crippen molar-refractivity contribution in [3.63, 3.8) is 0 Å². The average molecular weight is 353 g/mol. The molecule has 3 rings (SSSR count). The predicted molar refractivity (Wildman–Crippen MR) is 80.8 cm³/mol. The molecule has 112 valence electrons. The molecule has 0 amide bonds. The third-order valence-electron chi connectivity index (χ3n) is 3.49. The van der Waals surface area contributed by atoms with Gasteiger partial charge in [0, 0.05) is 26.0 Å². The maximum Gasteiger partial charge on any atom is 0.225 e. The number of H-pyrrole nitrogens is 1. The molecule has 1 unspecified atom stereocenters. The fourth-order valence-electron chi connectivity index (χ4n) is 2.55. The number of methoxy groups -OCH3 is 1. The van der Waals surface area contributed by atoms with E-state index in [1.807, 2.05) is 0 Å². The predicted octanol–water partition coefficient (Wildman–Crippen LogP) is 2.24. The molecule has 7 nitrogen and oxygen atoms in total. The Hall–Kier alpha value is -1.54. The van der Waals surface area contributed by atoms with Crippen LogP contribution < -0.4 is 4.90 Å². The Morgan fingerprint density at radius 3 is 2.95 bits per heavy atom. The fourth-order valence-corrected chi connectivity index (χ4v) is 2.76. The van der Waals surface area contributed by atoms with Gasteiger partial charge in [-0.2, -0.15) is 5.10 Å². The second-order valence-electron chi connectivity index (χ2n) is 4.98. The summed E-state index contributed by atoms with van der Waals surface area (Å²) in [4.78, 5) is 15.5. The normalized spacial score (nSPS) is 19.0. The number of ether oxygens (including phenoxy) is 1. The molecule has 0 spiro atoms. The lowest BCUT2D eigenvalue weighted by atomic mass is 10.0. The summed E-state index contributed by atoms with van der Waals surface area (Å²) in [7, 11) is 1.64. The van der Waals surface area contributed by atoms with Crippen molar-refractivity contribution in [1.82, 2.24) is 25.1 Å². The molecule has 3 heterocycles. The molecule has 1 atom stereocenters. The number of aromatic nitrogens is 5. The van der Waals surface area contributed by atoms with E-state index in [1.165, 1.54) is 0 Å². The van der Waals surface area contributed by atoms with E-state index in [1.54, 1.807) is 19.5 Å². The second-order valence-corrected chi connectivity index (χ2v) is 5.90. The largest absolute Gasteiger partial charge is 0.377 e. The van der Waals surface area contributed by atoms with E-state index < -0.39 is 0 Å². The number of nitrogens with zero attached hydrogens (tertiary/aromatic N) is 5. The zero-order valence-electron chi connectivity index (χ0n) is 11.8. The smallest absolute Gasteiger partial charge is 0.225 e. The van der Waals surface area contributed by atoms with E-state index in [4.69, 9.17) is 4.74 Å². The number of hydrogen-bond donors (Lipinski definition) is 1. The summed E-state index contributed by atoms with van der Waals surface area (Å²) in [6.45, 7) is 1.36. The van der Waals surface area contributed by atoms with Gasteiger partial charge in [-0.3, -0.25) is 5.10 Å². The number of aromatic amines is 1. The van der Waals surface area contributed by atoms with E-state index in [-0.39, 0.29) is 6.04 Å². The Kier molecular flexibility index (Phi) is 4.45. The maximum absolute atomic E-state index is 5.08. The van der Waals surface area contributed by atoms with Gasteiger partial charge in [0.2, 0.25) is 5.95 Å². The third-order valence-corrected chi connectivity index (χ3v) is 3.90. The van der Waals surface area contributed by atoms with Crippen LogP contribution in [-0.4, -0.2) is 38.8 Å². The number of piperidine rings is 1. The van der Waals surface area contributed by atoms with E-state index in [9.17, 15) is 0 Å². The minimum atomic E-state index is 0.113. The van der Waals surface area contributed by atoms with Gasteiger partial charge in [0.25, 0.3) is 0 Å². The highest BCUT2D eigenvalue weighted by molar-refractivity contribution is 9.10. The van der Waals surface area contributed by atoms with Crippen molar-refractivity contribution >= 4 is 21.9 Å². The fraction of sp³-hybridized carbons (Fsp3) is 0.538. The van der Waals surface area contributed by atoms with Crippen LogP contribution >= 0.6 is 15.9 Å². The van der Waals surface area contributed by atoms with Crippen LogP contribution in [-0.2, 0) is 11.3 Å². The topological polar surface area (TPSA) is 79.8 Å². The van der Waals surface area contributed by atoms with Crippen LogP contribution in [0, 0.1) is 0 Å². The minimum absolute atomic E-state index is 0.113. The molecule has 8 heteroatoms. The van der Waals surface area contributed by atoms with Gasteiger partial charge >= 0.3 is 0 Å². The van der Waals surface area contributed by atoms with Crippen molar-refractivity contribution in [1.29, 1.82) is 0 Å². The lowest BCUT2D eigenvalue weighted by Gasteiger charge is -2.33. The summed E-state index contributed by atoms with van der Waals surface area (Å²) in [5.41, 5.74) is 0.